The molecule has 6 nitrogen and oxygen atoms in total. The fourth-order valence-corrected chi connectivity index (χ4v) is 2.46. The average molecular weight is 280 g/mol. The Hall–Kier alpha value is -1.40. The van der Waals surface area contributed by atoms with Crippen LogP contribution in [0.3, 0.4) is 0 Å². The van der Waals surface area contributed by atoms with Crippen LogP contribution in [0, 0.1) is 0 Å². The summed E-state index contributed by atoms with van der Waals surface area (Å²) in [6.45, 7) is 2.30. The quantitative estimate of drug-likeness (QED) is 0.728. The van der Waals surface area contributed by atoms with Crippen LogP contribution in [-0.2, 0) is 11.3 Å². The van der Waals surface area contributed by atoms with Crippen LogP contribution in [0.5, 0.6) is 0 Å². The number of carbonyl (C=O) groups is 1. The summed E-state index contributed by atoms with van der Waals surface area (Å²) in [6, 6.07) is 0. The van der Waals surface area contributed by atoms with Crippen LogP contribution in [0.15, 0.2) is 12.5 Å². The van der Waals surface area contributed by atoms with Crippen molar-refractivity contribution >= 4 is 5.91 Å². The molecule has 0 radical (unpaired) electrons. The van der Waals surface area contributed by atoms with Crippen LogP contribution >= 0.6 is 0 Å². The van der Waals surface area contributed by atoms with Gasteiger partial charge in [-0.05, 0) is 12.8 Å². The second kappa shape index (κ2) is 8.01. The van der Waals surface area contributed by atoms with E-state index in [1.165, 1.54) is 19.3 Å². The summed E-state index contributed by atoms with van der Waals surface area (Å²) >= 11 is 0. The maximum absolute atomic E-state index is 11.8. The molecule has 1 aliphatic carbocycles. The third kappa shape index (κ3) is 4.61. The lowest BCUT2D eigenvalue weighted by atomic mass is 9.98. The van der Waals surface area contributed by atoms with Gasteiger partial charge in [-0.3, -0.25) is 4.79 Å². The van der Waals surface area contributed by atoms with Crippen molar-refractivity contribution in [2.24, 2.45) is 5.73 Å². The van der Waals surface area contributed by atoms with Crippen molar-refractivity contribution in [3.63, 3.8) is 0 Å². The fraction of sp³-hybridized carbons (Fsp3) is 0.714. The molecule has 0 saturated heterocycles. The number of hydrogen-bond acceptors (Lipinski definition) is 4. The number of amides is 1. The van der Waals surface area contributed by atoms with E-state index in [1.807, 2.05) is 4.57 Å². The summed E-state index contributed by atoms with van der Waals surface area (Å²) in [6.07, 6.45) is 9.86. The van der Waals surface area contributed by atoms with Gasteiger partial charge in [0.15, 0.2) is 0 Å². The number of nitrogens with zero attached hydrogens (tertiary/aromatic N) is 2. The molecule has 2 rings (SSSR count). The largest absolute Gasteiger partial charge is 0.376 e. The van der Waals surface area contributed by atoms with Gasteiger partial charge in [0.2, 0.25) is 0 Å². The number of ether oxygens (including phenoxy) is 1. The minimum atomic E-state index is -0.159. The molecule has 20 heavy (non-hydrogen) atoms. The number of hydrogen-bond donors (Lipinski definition) is 2. The molecule has 6 heteroatoms. The van der Waals surface area contributed by atoms with Gasteiger partial charge in [-0.15, -0.1) is 0 Å². The number of aromatic nitrogens is 2. The van der Waals surface area contributed by atoms with E-state index in [4.69, 9.17) is 10.5 Å². The topological polar surface area (TPSA) is 82.2 Å². The van der Waals surface area contributed by atoms with Crippen LogP contribution in [0.2, 0.25) is 0 Å². The van der Waals surface area contributed by atoms with Gasteiger partial charge in [0.1, 0.15) is 5.69 Å². The zero-order valence-corrected chi connectivity index (χ0v) is 11.9. The van der Waals surface area contributed by atoms with Crippen molar-refractivity contribution in [3.8, 4) is 0 Å². The zero-order chi connectivity index (χ0) is 14.2. The SMILES string of the molecule is NCCn1cnc(C(=O)NCCOC2CCCCC2)c1. The Morgan fingerprint density at radius 3 is 3.00 bits per heavy atom. The van der Waals surface area contributed by atoms with Gasteiger partial charge in [0, 0.05) is 25.8 Å². The molecule has 0 bridgehead atoms. The molecular formula is C14H24N4O2. The van der Waals surface area contributed by atoms with E-state index in [-0.39, 0.29) is 5.91 Å². The predicted molar refractivity (Wildman–Crippen MR) is 76.4 cm³/mol. The van der Waals surface area contributed by atoms with Gasteiger partial charge in [-0.2, -0.15) is 0 Å². The number of nitrogens with two attached hydrogens (primary N) is 1. The Labute approximate surface area is 119 Å². The van der Waals surface area contributed by atoms with E-state index < -0.39 is 0 Å². The van der Waals surface area contributed by atoms with E-state index in [1.54, 1.807) is 12.5 Å². The van der Waals surface area contributed by atoms with Crippen molar-refractivity contribution in [2.45, 2.75) is 44.8 Å². The molecule has 0 atom stereocenters. The summed E-state index contributed by atoms with van der Waals surface area (Å²) in [7, 11) is 0. The molecule has 1 fully saturated rings. The first-order chi connectivity index (χ1) is 9.79. The molecule has 0 aliphatic heterocycles. The molecule has 3 N–H and O–H groups in total. The normalized spacial score (nSPS) is 16.2. The van der Waals surface area contributed by atoms with Crippen molar-refractivity contribution in [1.29, 1.82) is 0 Å². The van der Waals surface area contributed by atoms with Crippen molar-refractivity contribution in [2.75, 3.05) is 19.7 Å². The molecule has 1 aromatic rings. The third-order valence-corrected chi connectivity index (χ3v) is 3.55. The maximum atomic E-state index is 11.8. The number of carbonyl (C=O) groups excluding carboxylic acids is 1. The molecule has 0 unspecified atom stereocenters. The number of nitrogens with one attached hydrogen (secondary N) is 1. The zero-order valence-electron chi connectivity index (χ0n) is 11.9. The Morgan fingerprint density at radius 2 is 2.25 bits per heavy atom. The summed E-state index contributed by atoms with van der Waals surface area (Å²) in [5.74, 6) is -0.159. The van der Waals surface area contributed by atoms with Gasteiger partial charge >= 0.3 is 0 Å². The van der Waals surface area contributed by atoms with Crippen LogP contribution in [0.1, 0.15) is 42.6 Å². The maximum Gasteiger partial charge on any atom is 0.271 e. The van der Waals surface area contributed by atoms with E-state index in [2.05, 4.69) is 10.3 Å². The van der Waals surface area contributed by atoms with Crippen LogP contribution in [0.25, 0.3) is 0 Å². The lowest BCUT2D eigenvalue weighted by Crippen LogP contribution is -2.29. The lowest BCUT2D eigenvalue weighted by Gasteiger charge is -2.21. The molecule has 1 saturated carbocycles. The summed E-state index contributed by atoms with van der Waals surface area (Å²) in [5, 5.41) is 2.82. The van der Waals surface area contributed by atoms with Gasteiger partial charge in [0.05, 0.1) is 19.0 Å². The first kappa shape index (κ1) is 15.0. The second-order valence-electron chi connectivity index (χ2n) is 5.17. The summed E-state index contributed by atoms with van der Waals surface area (Å²) in [4.78, 5) is 15.9. The highest BCUT2D eigenvalue weighted by Crippen LogP contribution is 2.19. The molecule has 0 spiro atoms. The minimum absolute atomic E-state index is 0.159. The predicted octanol–water partition coefficient (Wildman–Crippen LogP) is 0.921. The first-order valence-corrected chi connectivity index (χ1v) is 7.41. The molecule has 1 heterocycles. The summed E-state index contributed by atoms with van der Waals surface area (Å²) in [5.41, 5.74) is 5.88. The fourth-order valence-electron chi connectivity index (χ4n) is 2.46. The third-order valence-electron chi connectivity index (χ3n) is 3.55. The summed E-state index contributed by atoms with van der Waals surface area (Å²) < 4.78 is 7.57. The molecular weight excluding hydrogens is 256 g/mol. The molecule has 1 amide bonds. The monoisotopic (exact) mass is 280 g/mol. The van der Waals surface area contributed by atoms with Crippen molar-refractivity contribution < 1.29 is 9.53 Å². The molecule has 112 valence electrons. The van der Waals surface area contributed by atoms with Crippen LogP contribution in [0.4, 0.5) is 0 Å². The molecule has 0 aromatic carbocycles. The van der Waals surface area contributed by atoms with Crippen molar-refractivity contribution in [1.82, 2.24) is 14.9 Å². The van der Waals surface area contributed by atoms with E-state index in [0.29, 0.717) is 38.0 Å². The standard InChI is InChI=1S/C14H24N4O2/c15-6-8-18-10-13(17-11-18)14(19)16-7-9-20-12-4-2-1-3-5-12/h10-12H,1-9,15H2,(H,16,19). The van der Waals surface area contributed by atoms with Crippen LogP contribution < -0.4 is 11.1 Å². The van der Waals surface area contributed by atoms with Gasteiger partial charge < -0.3 is 20.4 Å². The van der Waals surface area contributed by atoms with E-state index in [0.717, 1.165) is 12.8 Å². The molecule has 1 aliphatic rings. The molecule has 1 aromatic heterocycles. The van der Waals surface area contributed by atoms with Crippen molar-refractivity contribution in [3.05, 3.63) is 18.2 Å². The highest BCUT2D eigenvalue weighted by atomic mass is 16.5. The highest BCUT2D eigenvalue weighted by Gasteiger charge is 2.13. The highest BCUT2D eigenvalue weighted by molar-refractivity contribution is 5.91. The first-order valence-electron chi connectivity index (χ1n) is 7.41. The second-order valence-corrected chi connectivity index (χ2v) is 5.17. The van der Waals surface area contributed by atoms with E-state index in [9.17, 15) is 4.79 Å². The van der Waals surface area contributed by atoms with Gasteiger partial charge in [0.25, 0.3) is 5.91 Å². The Morgan fingerprint density at radius 1 is 1.45 bits per heavy atom. The number of imidazole rings is 1. The lowest BCUT2D eigenvalue weighted by molar-refractivity contribution is 0.0299. The average Bonchev–Trinajstić information content (AvgIpc) is 2.94. The Bertz CT molecular complexity index is 413. The Balaban J connectivity index is 1.63. The van der Waals surface area contributed by atoms with E-state index >= 15 is 0 Å². The minimum Gasteiger partial charge on any atom is -0.376 e. The van der Waals surface area contributed by atoms with Gasteiger partial charge in [-0.1, -0.05) is 19.3 Å². The van der Waals surface area contributed by atoms with Gasteiger partial charge in [-0.25, -0.2) is 4.98 Å². The van der Waals surface area contributed by atoms with Crippen LogP contribution in [-0.4, -0.2) is 41.3 Å². The Kier molecular flexibility index (Phi) is 6.01. The number of rotatable bonds is 7. The smallest absolute Gasteiger partial charge is 0.271 e.